The summed E-state index contributed by atoms with van der Waals surface area (Å²) in [6.45, 7) is 5.09. The van der Waals surface area contributed by atoms with Crippen LogP contribution in [0, 0.1) is 11.8 Å². The van der Waals surface area contributed by atoms with Gasteiger partial charge < -0.3 is 10.2 Å². The van der Waals surface area contributed by atoms with Crippen LogP contribution in [0.2, 0.25) is 0 Å². The van der Waals surface area contributed by atoms with E-state index < -0.39 is 0 Å². The summed E-state index contributed by atoms with van der Waals surface area (Å²) < 4.78 is 0. The van der Waals surface area contributed by atoms with Crippen molar-refractivity contribution >= 4 is 49.9 Å². The largest absolute Gasteiger partial charge is 0.345 e. The third kappa shape index (κ3) is 3.76. The molecule has 0 spiro atoms. The zero-order valence-corrected chi connectivity index (χ0v) is 18.8. The van der Waals surface area contributed by atoms with Crippen LogP contribution in [0.3, 0.4) is 0 Å². The molecule has 0 aliphatic heterocycles. The van der Waals surface area contributed by atoms with E-state index in [1.807, 2.05) is 30.3 Å². The number of thiophene rings is 1. The van der Waals surface area contributed by atoms with Crippen molar-refractivity contribution in [2.45, 2.75) is 33.1 Å². The van der Waals surface area contributed by atoms with Crippen molar-refractivity contribution in [1.29, 1.82) is 0 Å². The molecule has 160 valence electrons. The number of anilines is 2. The first-order chi connectivity index (χ1) is 15.0. The molecule has 0 saturated carbocycles. The summed E-state index contributed by atoms with van der Waals surface area (Å²) in [5, 5.41) is 12.7. The summed E-state index contributed by atoms with van der Waals surface area (Å²) >= 11 is 1.70. The lowest BCUT2D eigenvalue weighted by Crippen LogP contribution is -2.37. The fraction of sp³-hybridized carbons (Fsp3) is 0.391. The minimum atomic E-state index is 0.0529. The van der Waals surface area contributed by atoms with Crippen molar-refractivity contribution in [2.75, 3.05) is 18.9 Å². The Morgan fingerprint density at radius 3 is 3.06 bits per heavy atom. The van der Waals surface area contributed by atoms with Crippen molar-refractivity contribution < 1.29 is 4.79 Å². The highest BCUT2D eigenvalue weighted by Crippen LogP contribution is 2.40. The number of aryl methyl sites for hydroxylation is 1. The molecule has 0 fully saturated rings. The molecule has 1 amide bonds. The van der Waals surface area contributed by atoms with Crippen molar-refractivity contribution in [3.8, 4) is 0 Å². The molecule has 0 radical (unpaired) electrons. The number of rotatable bonds is 5. The molecule has 8 heteroatoms. The number of benzene rings is 1. The number of nitrogens with zero attached hydrogens (tertiary/aromatic N) is 4. The predicted octanol–water partition coefficient (Wildman–Crippen LogP) is 4.53. The highest BCUT2D eigenvalue weighted by Gasteiger charge is 2.30. The molecule has 1 aromatic carbocycles. The zero-order chi connectivity index (χ0) is 21.5. The molecular formula is C23H26N6OS. The minimum Gasteiger partial charge on any atom is -0.345 e. The smallest absolute Gasteiger partial charge is 0.225 e. The van der Waals surface area contributed by atoms with Gasteiger partial charge in [-0.05, 0) is 48.9 Å². The minimum absolute atomic E-state index is 0.0529. The monoisotopic (exact) mass is 434 g/mol. The maximum Gasteiger partial charge on any atom is 0.225 e. The van der Waals surface area contributed by atoms with Crippen LogP contribution in [0.15, 0.2) is 30.7 Å². The molecule has 3 heterocycles. The van der Waals surface area contributed by atoms with Gasteiger partial charge in [-0.3, -0.25) is 9.89 Å². The number of hydrogen-bond acceptors (Lipinski definition) is 6. The maximum absolute atomic E-state index is 12.9. The van der Waals surface area contributed by atoms with Crippen LogP contribution in [-0.2, 0) is 17.6 Å². The first-order valence-electron chi connectivity index (χ1n) is 10.7. The van der Waals surface area contributed by atoms with Gasteiger partial charge >= 0.3 is 0 Å². The van der Waals surface area contributed by atoms with E-state index in [-0.39, 0.29) is 11.8 Å². The summed E-state index contributed by atoms with van der Waals surface area (Å²) in [4.78, 5) is 26.2. The van der Waals surface area contributed by atoms with Crippen LogP contribution in [0.1, 0.15) is 30.7 Å². The van der Waals surface area contributed by atoms with Crippen LogP contribution in [0.5, 0.6) is 0 Å². The molecule has 1 aliphatic carbocycles. The Kier molecular flexibility index (Phi) is 5.09. The summed E-state index contributed by atoms with van der Waals surface area (Å²) in [5.41, 5.74) is 3.26. The average Bonchev–Trinajstić information content (AvgIpc) is 3.36. The van der Waals surface area contributed by atoms with E-state index in [2.05, 4.69) is 45.4 Å². The summed E-state index contributed by atoms with van der Waals surface area (Å²) in [5.74, 6) is 1.61. The lowest BCUT2D eigenvalue weighted by Gasteiger charge is -2.27. The van der Waals surface area contributed by atoms with Crippen LogP contribution in [0.4, 0.5) is 11.5 Å². The van der Waals surface area contributed by atoms with Gasteiger partial charge in [-0.2, -0.15) is 5.10 Å². The fourth-order valence-electron chi connectivity index (χ4n) is 4.52. The summed E-state index contributed by atoms with van der Waals surface area (Å²) in [7, 11) is 1.92. The lowest BCUT2D eigenvalue weighted by molar-refractivity contribution is -0.135. The third-order valence-corrected chi connectivity index (χ3v) is 7.08. The van der Waals surface area contributed by atoms with Crippen molar-refractivity contribution in [3.63, 3.8) is 0 Å². The number of nitrogens with one attached hydrogen (secondary N) is 2. The van der Waals surface area contributed by atoms with E-state index in [4.69, 9.17) is 0 Å². The van der Waals surface area contributed by atoms with E-state index in [0.717, 1.165) is 58.4 Å². The quantitative estimate of drug-likeness (QED) is 0.482. The van der Waals surface area contributed by atoms with Crippen LogP contribution in [0.25, 0.3) is 21.1 Å². The van der Waals surface area contributed by atoms with Gasteiger partial charge in [0.15, 0.2) is 0 Å². The predicted molar refractivity (Wildman–Crippen MR) is 125 cm³/mol. The highest BCUT2D eigenvalue weighted by molar-refractivity contribution is 7.19. The Morgan fingerprint density at radius 1 is 1.35 bits per heavy atom. The summed E-state index contributed by atoms with van der Waals surface area (Å²) in [6.07, 6.45) is 5.97. The number of hydrogen-bond donors (Lipinski definition) is 2. The number of aromatic amines is 1. The molecule has 5 rings (SSSR count). The lowest BCUT2D eigenvalue weighted by atomic mass is 9.87. The van der Waals surface area contributed by atoms with Gasteiger partial charge in [0.25, 0.3) is 0 Å². The summed E-state index contributed by atoms with van der Waals surface area (Å²) in [6, 6.07) is 6.09. The van der Waals surface area contributed by atoms with Crippen molar-refractivity contribution in [3.05, 3.63) is 41.2 Å². The van der Waals surface area contributed by atoms with Gasteiger partial charge in [-0.15, -0.1) is 11.3 Å². The number of fused-ring (bicyclic) bond motifs is 4. The molecule has 0 saturated heterocycles. The maximum atomic E-state index is 12.9. The molecule has 4 aromatic rings. The number of carbonyl (C=O) groups is 1. The topological polar surface area (TPSA) is 86.8 Å². The van der Waals surface area contributed by atoms with Crippen molar-refractivity contribution in [2.24, 2.45) is 11.8 Å². The van der Waals surface area contributed by atoms with Gasteiger partial charge in [0.1, 0.15) is 17.0 Å². The second kappa shape index (κ2) is 7.92. The van der Waals surface area contributed by atoms with Gasteiger partial charge in [0, 0.05) is 35.5 Å². The second-order valence-electron chi connectivity index (χ2n) is 8.76. The van der Waals surface area contributed by atoms with Crippen LogP contribution < -0.4 is 5.32 Å². The van der Waals surface area contributed by atoms with E-state index in [1.54, 1.807) is 17.7 Å². The standard InChI is InChI=1S/C23H26N6OS/c1-13(2)11-29(3)23(30)14-4-6-17-19(9-14)31-22-20(17)21(24-12-25-22)27-16-5-7-18-15(8-16)10-26-28-18/h5,7-8,10,12-14H,4,6,9,11H2,1-3H3,(H,26,28)(H,24,25,27). The molecule has 3 aromatic heterocycles. The van der Waals surface area contributed by atoms with Gasteiger partial charge in [-0.25, -0.2) is 9.97 Å². The van der Waals surface area contributed by atoms with E-state index in [9.17, 15) is 4.79 Å². The Morgan fingerprint density at radius 2 is 2.23 bits per heavy atom. The molecule has 0 bridgehead atoms. The zero-order valence-electron chi connectivity index (χ0n) is 18.0. The molecule has 1 aliphatic rings. The molecule has 2 N–H and O–H groups in total. The normalized spacial score (nSPS) is 16.1. The molecule has 31 heavy (non-hydrogen) atoms. The number of amides is 1. The first-order valence-corrected chi connectivity index (χ1v) is 11.5. The van der Waals surface area contributed by atoms with Crippen LogP contribution in [-0.4, -0.2) is 44.6 Å². The Labute approximate surface area is 184 Å². The molecule has 1 atom stereocenters. The van der Waals surface area contributed by atoms with E-state index in [1.165, 1.54) is 10.4 Å². The van der Waals surface area contributed by atoms with Gasteiger partial charge in [-0.1, -0.05) is 13.8 Å². The molecule has 1 unspecified atom stereocenters. The molecule has 7 nitrogen and oxygen atoms in total. The fourth-order valence-corrected chi connectivity index (χ4v) is 5.79. The van der Waals surface area contributed by atoms with Crippen LogP contribution >= 0.6 is 11.3 Å². The Balaban J connectivity index is 1.43. The van der Waals surface area contributed by atoms with Gasteiger partial charge in [0.05, 0.1) is 17.1 Å². The highest BCUT2D eigenvalue weighted by atomic mass is 32.1. The Hall–Kier alpha value is -3.00. The molecular weight excluding hydrogens is 408 g/mol. The van der Waals surface area contributed by atoms with Gasteiger partial charge in [0.2, 0.25) is 5.91 Å². The van der Waals surface area contributed by atoms with Crippen molar-refractivity contribution in [1.82, 2.24) is 25.1 Å². The first kappa shape index (κ1) is 19.9. The number of carbonyl (C=O) groups excluding carboxylic acids is 1. The number of aromatic nitrogens is 4. The van der Waals surface area contributed by atoms with E-state index in [0.29, 0.717) is 5.92 Å². The SMILES string of the molecule is CC(C)CN(C)C(=O)C1CCc2c(sc3ncnc(Nc4ccc5[nH]ncc5c4)c23)C1. The van der Waals surface area contributed by atoms with E-state index >= 15 is 0 Å². The second-order valence-corrected chi connectivity index (χ2v) is 9.84. The number of H-pyrrole nitrogens is 1. The average molecular weight is 435 g/mol. The Bertz CT molecular complexity index is 1260. The third-order valence-electron chi connectivity index (χ3n) is 5.91.